The molecule has 0 aliphatic carbocycles. The lowest BCUT2D eigenvalue weighted by Gasteiger charge is -2.04. The lowest BCUT2D eigenvalue weighted by Crippen LogP contribution is -2.24. The van der Waals surface area contributed by atoms with E-state index in [1.807, 2.05) is 27.7 Å². The molecule has 0 atom stereocenters. The summed E-state index contributed by atoms with van der Waals surface area (Å²) in [5.74, 6) is 0.678. The fourth-order valence-electron chi connectivity index (χ4n) is 1.89. The summed E-state index contributed by atoms with van der Waals surface area (Å²) in [5.41, 5.74) is 2.63. The molecule has 2 aromatic heterocycles. The number of aromatic nitrogens is 2. The maximum atomic E-state index is 11.9. The minimum Gasteiger partial charge on any atom is -0.361 e. The molecule has 1 N–H and O–H groups in total. The van der Waals surface area contributed by atoms with Gasteiger partial charge in [-0.05, 0) is 27.7 Å². The van der Waals surface area contributed by atoms with Crippen LogP contribution in [0, 0.1) is 27.7 Å². The normalized spacial score (nSPS) is 10.7. The van der Waals surface area contributed by atoms with E-state index in [4.69, 9.17) is 4.52 Å². The second-order valence-corrected chi connectivity index (χ2v) is 5.79. The number of amides is 1. The van der Waals surface area contributed by atoms with Gasteiger partial charge in [0.15, 0.2) is 0 Å². The highest BCUT2D eigenvalue weighted by atomic mass is 32.1. The predicted molar refractivity (Wildman–Crippen MR) is 73.1 cm³/mol. The third kappa shape index (κ3) is 3.20. The van der Waals surface area contributed by atoms with Crippen LogP contribution in [0.5, 0.6) is 0 Å². The van der Waals surface area contributed by atoms with Crippen molar-refractivity contribution in [3.63, 3.8) is 0 Å². The van der Waals surface area contributed by atoms with E-state index in [0.717, 1.165) is 26.8 Å². The standard InChI is InChI=1S/C13H17N3O2S/c1-7-11(9(3)18-16-7)5-13(17)14-6-12-8(2)15-10(4)19-12/h5-6H2,1-4H3,(H,14,17). The average Bonchev–Trinajstić information content (AvgIpc) is 2.83. The largest absolute Gasteiger partial charge is 0.361 e. The van der Waals surface area contributed by atoms with Gasteiger partial charge in [0.05, 0.1) is 29.4 Å². The average molecular weight is 279 g/mol. The maximum Gasteiger partial charge on any atom is 0.224 e. The number of thiazole rings is 1. The zero-order chi connectivity index (χ0) is 14.0. The van der Waals surface area contributed by atoms with Crippen LogP contribution in [0.15, 0.2) is 4.52 Å². The third-order valence-electron chi connectivity index (χ3n) is 2.96. The number of rotatable bonds is 4. The van der Waals surface area contributed by atoms with E-state index >= 15 is 0 Å². The van der Waals surface area contributed by atoms with Crippen LogP contribution in [0.4, 0.5) is 0 Å². The van der Waals surface area contributed by atoms with Crippen molar-refractivity contribution in [2.75, 3.05) is 0 Å². The fourth-order valence-corrected chi connectivity index (χ4v) is 2.77. The monoisotopic (exact) mass is 279 g/mol. The number of aryl methyl sites for hydroxylation is 4. The number of hydrogen-bond acceptors (Lipinski definition) is 5. The van der Waals surface area contributed by atoms with Gasteiger partial charge in [-0.25, -0.2) is 4.98 Å². The van der Waals surface area contributed by atoms with Gasteiger partial charge in [-0.15, -0.1) is 11.3 Å². The van der Waals surface area contributed by atoms with Crippen LogP contribution in [-0.2, 0) is 17.8 Å². The number of hydrogen-bond donors (Lipinski definition) is 1. The van der Waals surface area contributed by atoms with Crippen LogP contribution in [0.3, 0.4) is 0 Å². The Bertz CT molecular complexity index is 582. The van der Waals surface area contributed by atoms with Gasteiger partial charge < -0.3 is 9.84 Å². The van der Waals surface area contributed by atoms with Gasteiger partial charge in [-0.1, -0.05) is 5.16 Å². The van der Waals surface area contributed by atoms with E-state index in [1.54, 1.807) is 11.3 Å². The summed E-state index contributed by atoms with van der Waals surface area (Å²) in [6, 6.07) is 0. The molecule has 0 fully saturated rings. The highest BCUT2D eigenvalue weighted by Gasteiger charge is 2.14. The molecular weight excluding hydrogens is 262 g/mol. The van der Waals surface area contributed by atoms with Crippen molar-refractivity contribution in [1.82, 2.24) is 15.5 Å². The Kier molecular flexibility index (Phi) is 3.99. The van der Waals surface area contributed by atoms with Gasteiger partial charge in [-0.2, -0.15) is 0 Å². The van der Waals surface area contributed by atoms with Gasteiger partial charge in [0.1, 0.15) is 5.76 Å². The van der Waals surface area contributed by atoms with E-state index in [-0.39, 0.29) is 5.91 Å². The summed E-state index contributed by atoms with van der Waals surface area (Å²) in [4.78, 5) is 17.3. The van der Waals surface area contributed by atoms with E-state index in [1.165, 1.54) is 0 Å². The third-order valence-corrected chi connectivity index (χ3v) is 4.04. The number of nitrogens with one attached hydrogen (secondary N) is 1. The van der Waals surface area contributed by atoms with Crippen LogP contribution in [0.1, 0.15) is 32.6 Å². The van der Waals surface area contributed by atoms with Crippen LogP contribution in [-0.4, -0.2) is 16.0 Å². The molecule has 0 aliphatic rings. The molecule has 0 unspecified atom stereocenters. The van der Waals surface area contributed by atoms with Gasteiger partial charge in [0.25, 0.3) is 0 Å². The molecular formula is C13H17N3O2S. The molecule has 19 heavy (non-hydrogen) atoms. The van der Waals surface area contributed by atoms with Gasteiger partial charge >= 0.3 is 0 Å². The first-order valence-electron chi connectivity index (χ1n) is 6.08. The number of carbonyl (C=O) groups excluding carboxylic acids is 1. The number of carbonyl (C=O) groups is 1. The van der Waals surface area contributed by atoms with Gasteiger partial charge in [-0.3, -0.25) is 4.79 Å². The van der Waals surface area contributed by atoms with Gasteiger partial charge in [0, 0.05) is 10.4 Å². The quantitative estimate of drug-likeness (QED) is 0.931. The summed E-state index contributed by atoms with van der Waals surface area (Å²) in [6.07, 6.45) is 0.304. The topological polar surface area (TPSA) is 68.0 Å². The van der Waals surface area contributed by atoms with E-state index in [0.29, 0.717) is 18.7 Å². The number of nitrogens with zero attached hydrogens (tertiary/aromatic N) is 2. The highest BCUT2D eigenvalue weighted by molar-refractivity contribution is 7.11. The van der Waals surface area contributed by atoms with E-state index in [9.17, 15) is 4.79 Å². The Balaban J connectivity index is 1.94. The van der Waals surface area contributed by atoms with Crippen LogP contribution in [0.2, 0.25) is 0 Å². The Morgan fingerprint density at radius 2 is 2.00 bits per heavy atom. The van der Waals surface area contributed by atoms with Crippen molar-refractivity contribution in [2.45, 2.75) is 40.7 Å². The zero-order valence-electron chi connectivity index (χ0n) is 11.5. The smallest absolute Gasteiger partial charge is 0.224 e. The first-order valence-corrected chi connectivity index (χ1v) is 6.90. The summed E-state index contributed by atoms with van der Waals surface area (Å²) >= 11 is 1.61. The lowest BCUT2D eigenvalue weighted by molar-refractivity contribution is -0.120. The molecule has 5 nitrogen and oxygen atoms in total. The maximum absolute atomic E-state index is 11.9. The summed E-state index contributed by atoms with van der Waals surface area (Å²) in [7, 11) is 0. The van der Waals surface area contributed by atoms with Crippen LogP contribution in [0.25, 0.3) is 0 Å². The van der Waals surface area contributed by atoms with Crippen molar-refractivity contribution in [1.29, 1.82) is 0 Å². The van der Waals surface area contributed by atoms with Gasteiger partial charge in [0.2, 0.25) is 5.91 Å². The highest BCUT2D eigenvalue weighted by Crippen LogP contribution is 2.17. The second kappa shape index (κ2) is 5.52. The van der Waals surface area contributed by atoms with Crippen molar-refractivity contribution in [3.8, 4) is 0 Å². The molecule has 0 aliphatic heterocycles. The molecule has 0 bridgehead atoms. The van der Waals surface area contributed by atoms with Crippen molar-refractivity contribution < 1.29 is 9.32 Å². The molecule has 6 heteroatoms. The Morgan fingerprint density at radius 1 is 1.26 bits per heavy atom. The first-order chi connectivity index (χ1) is 8.97. The van der Waals surface area contributed by atoms with Crippen molar-refractivity contribution >= 4 is 17.2 Å². The SMILES string of the molecule is Cc1nc(C)c(CNC(=O)Cc2c(C)noc2C)s1. The predicted octanol–water partition coefficient (Wildman–Crippen LogP) is 2.22. The molecule has 1 amide bonds. The molecule has 102 valence electrons. The Morgan fingerprint density at radius 3 is 2.53 bits per heavy atom. The molecule has 2 rings (SSSR count). The molecule has 0 saturated heterocycles. The molecule has 0 aromatic carbocycles. The minimum absolute atomic E-state index is 0.0279. The van der Waals surface area contributed by atoms with E-state index in [2.05, 4.69) is 15.5 Å². The Hall–Kier alpha value is -1.69. The first kappa shape index (κ1) is 13.7. The summed E-state index contributed by atoms with van der Waals surface area (Å²) in [6.45, 7) is 8.11. The van der Waals surface area contributed by atoms with Crippen molar-refractivity contribution in [2.24, 2.45) is 0 Å². The zero-order valence-corrected chi connectivity index (χ0v) is 12.3. The summed E-state index contributed by atoms with van der Waals surface area (Å²) in [5, 5.41) is 7.77. The van der Waals surface area contributed by atoms with E-state index < -0.39 is 0 Å². The molecule has 0 spiro atoms. The van der Waals surface area contributed by atoms with Crippen LogP contribution >= 0.6 is 11.3 Å². The minimum atomic E-state index is -0.0279. The van der Waals surface area contributed by atoms with Crippen LogP contribution < -0.4 is 5.32 Å². The summed E-state index contributed by atoms with van der Waals surface area (Å²) < 4.78 is 5.04. The molecule has 0 saturated carbocycles. The molecule has 2 aromatic rings. The molecule has 2 heterocycles. The second-order valence-electron chi connectivity index (χ2n) is 4.50. The fraction of sp³-hybridized carbons (Fsp3) is 0.462. The lowest BCUT2D eigenvalue weighted by atomic mass is 10.1. The molecule has 0 radical (unpaired) electrons. The Labute approximate surface area is 116 Å². The van der Waals surface area contributed by atoms with Crippen molar-refractivity contribution in [3.05, 3.63) is 32.6 Å².